The van der Waals surface area contributed by atoms with Gasteiger partial charge in [0.25, 0.3) is 3.93 Å². The summed E-state index contributed by atoms with van der Waals surface area (Å²) in [6, 6.07) is -0.236. The van der Waals surface area contributed by atoms with Gasteiger partial charge < -0.3 is 0 Å². The minimum absolute atomic E-state index is 0.775. The lowest BCUT2D eigenvalue weighted by Gasteiger charge is -2.03. The Morgan fingerprint density at radius 3 is 1.21 bits per heavy atom. The molecule has 0 nitrogen and oxygen atoms in total. The molecule has 0 fully saturated rings. The Morgan fingerprint density at radius 2 is 1.21 bits per heavy atom. The van der Waals surface area contributed by atoms with Gasteiger partial charge in [-0.1, -0.05) is 72.6 Å². The maximum absolute atomic E-state index is 5.50. The van der Waals surface area contributed by atoms with Crippen molar-refractivity contribution in [2.24, 2.45) is 0 Å². The molecule has 14 heavy (non-hydrogen) atoms. The number of rotatable bonds is 4. The van der Waals surface area contributed by atoms with E-state index in [-0.39, 0.29) is 0 Å². The van der Waals surface area contributed by atoms with E-state index >= 15 is 0 Å². The van der Waals surface area contributed by atoms with Crippen molar-refractivity contribution in [2.45, 2.75) is 38.8 Å². The highest BCUT2D eigenvalue weighted by atomic mass is 80.0. The molecule has 0 bridgehead atoms. The van der Waals surface area contributed by atoms with E-state index in [0.717, 1.165) is 12.5 Å². The summed E-state index contributed by atoms with van der Waals surface area (Å²) in [5.74, 6) is 0. The monoisotopic (exact) mass is 484 g/mol. The quantitative estimate of drug-likeness (QED) is 0.310. The van der Waals surface area contributed by atoms with E-state index in [1.807, 2.05) is 6.92 Å². The Hall–Kier alpha value is 2.74. The highest BCUT2D eigenvalue weighted by Crippen LogP contribution is 2.32. The van der Waals surface area contributed by atoms with Crippen LogP contribution in [-0.2, 0) is 0 Å². The summed E-state index contributed by atoms with van der Waals surface area (Å²) >= 11 is 27.0. The summed E-state index contributed by atoms with van der Waals surface area (Å²) in [7, 11) is 0. The molecule has 88 valence electrons. The molecule has 0 spiro atoms. The third-order valence-electron chi connectivity index (χ3n) is 1.07. The molecular weight excluding hydrogens is 474 g/mol. The van der Waals surface area contributed by atoms with Gasteiger partial charge >= 0.3 is 6.00 Å². The molecule has 0 saturated carbocycles. The fourth-order valence-electron chi connectivity index (χ4n) is 0.567. The summed E-state index contributed by atoms with van der Waals surface area (Å²) in [4.78, 5) is 0. The minimum Gasteiger partial charge on any atom is -0.126 e. The predicted molar refractivity (Wildman–Crippen MR) is 86.0 cm³/mol. The summed E-state index contributed by atoms with van der Waals surface area (Å²) in [5.41, 5.74) is 0. The number of hydrogen-bond donors (Lipinski definition) is 0. The molecule has 0 rings (SSSR count). The van der Waals surface area contributed by atoms with Gasteiger partial charge in [0.1, 0.15) is 0 Å². The first-order chi connectivity index (χ1) is 6.12. The van der Waals surface area contributed by atoms with E-state index in [4.69, 9.17) is 33.2 Å². The molecule has 0 unspecified atom stereocenters. The molecule has 0 saturated heterocycles. The van der Waals surface area contributed by atoms with Crippen molar-refractivity contribution in [2.75, 3.05) is 0 Å². The largest absolute Gasteiger partial charge is 0.341 e. The lowest BCUT2D eigenvalue weighted by atomic mass is 10.6. The second-order valence-corrected chi connectivity index (χ2v) is 35.5. The van der Waals surface area contributed by atoms with Crippen LogP contribution in [0.4, 0.5) is 0 Å². The molecule has 0 aliphatic rings. The SMILES string of the molecule is CCC[Si](Br)(Br)Br.CCC[Si](Cl)(Cl)Cl. The zero-order chi connectivity index (χ0) is 11.8. The third kappa shape index (κ3) is 24.1. The molecule has 8 heteroatoms. The Bertz CT molecular complexity index is 119. The van der Waals surface area contributed by atoms with Crippen LogP contribution in [0.1, 0.15) is 26.7 Å². The topological polar surface area (TPSA) is 0 Å². The van der Waals surface area contributed by atoms with Crippen molar-refractivity contribution in [1.82, 2.24) is 0 Å². The highest BCUT2D eigenvalue weighted by Gasteiger charge is 2.22. The predicted octanol–water partition coefficient (Wildman–Crippen LogP) is 6.57. The van der Waals surface area contributed by atoms with Crippen LogP contribution in [0.2, 0.25) is 12.1 Å². The van der Waals surface area contributed by atoms with Gasteiger partial charge in [0, 0.05) is 0 Å². The molecule has 0 aliphatic carbocycles. The van der Waals surface area contributed by atoms with E-state index in [1.54, 1.807) is 0 Å². The highest BCUT2D eigenvalue weighted by molar-refractivity contribution is 9.72. The standard InChI is InChI=1S/C3H7Br3Si.C3H7Cl3Si/c2*1-2-3-7(4,5)6/h2*2-3H2,1H3. The van der Waals surface area contributed by atoms with E-state index in [0.29, 0.717) is 0 Å². The smallest absolute Gasteiger partial charge is 0.126 e. The van der Waals surface area contributed by atoms with Crippen LogP contribution in [0.25, 0.3) is 0 Å². The van der Waals surface area contributed by atoms with Crippen LogP contribution in [0, 0.1) is 0 Å². The molecule has 0 aromatic rings. The summed E-state index contributed by atoms with van der Waals surface area (Å²) in [6.45, 7) is 4.18. The molecule has 0 N–H and O–H groups in total. The summed E-state index contributed by atoms with van der Waals surface area (Å²) in [6.07, 6.45) is 2.21. The fraction of sp³-hybridized carbons (Fsp3) is 1.00. The maximum atomic E-state index is 5.50. The Balaban J connectivity index is 0. The van der Waals surface area contributed by atoms with E-state index in [9.17, 15) is 0 Å². The second-order valence-electron chi connectivity index (χ2n) is 2.73. The van der Waals surface area contributed by atoms with Crippen molar-refractivity contribution in [3.63, 3.8) is 0 Å². The van der Waals surface area contributed by atoms with Crippen LogP contribution in [-0.4, -0.2) is 9.93 Å². The van der Waals surface area contributed by atoms with Crippen molar-refractivity contribution >= 4 is 89.0 Å². The molecule has 0 aliphatic heterocycles. The molecule has 0 aromatic carbocycles. The number of hydrogen-bond acceptors (Lipinski definition) is 0. The van der Waals surface area contributed by atoms with Gasteiger partial charge in [0.2, 0.25) is 0 Å². The van der Waals surface area contributed by atoms with Crippen molar-refractivity contribution < 1.29 is 0 Å². The average molecular weight is 488 g/mol. The molecule has 0 heterocycles. The van der Waals surface area contributed by atoms with Crippen molar-refractivity contribution in [3.05, 3.63) is 0 Å². The van der Waals surface area contributed by atoms with Crippen molar-refractivity contribution in [3.8, 4) is 0 Å². The zero-order valence-corrected chi connectivity index (χ0v) is 17.1. The minimum atomic E-state index is -2.24. The Labute approximate surface area is 126 Å². The number of halogens is 6. The lowest BCUT2D eigenvalue weighted by Crippen LogP contribution is -2.06. The fourth-order valence-corrected chi connectivity index (χ4v) is 6.97. The lowest BCUT2D eigenvalue weighted by molar-refractivity contribution is 1.07. The molecule has 0 aromatic heterocycles. The summed E-state index contributed by atoms with van der Waals surface area (Å²) in [5, 5.41) is 0. The van der Waals surface area contributed by atoms with Gasteiger partial charge in [-0.25, -0.2) is 0 Å². The Morgan fingerprint density at radius 1 is 0.857 bits per heavy atom. The van der Waals surface area contributed by atoms with Gasteiger partial charge in [0.05, 0.1) is 0 Å². The van der Waals surface area contributed by atoms with Gasteiger partial charge in [-0.15, -0.1) is 33.2 Å². The van der Waals surface area contributed by atoms with Crippen LogP contribution >= 0.6 is 79.1 Å². The van der Waals surface area contributed by atoms with E-state index in [1.165, 1.54) is 12.5 Å². The van der Waals surface area contributed by atoms with E-state index < -0.39 is 9.93 Å². The maximum Gasteiger partial charge on any atom is 0.341 e. The van der Waals surface area contributed by atoms with Gasteiger partial charge in [0.15, 0.2) is 0 Å². The average Bonchev–Trinajstić information content (AvgIpc) is 1.81. The van der Waals surface area contributed by atoms with Crippen LogP contribution in [0.3, 0.4) is 0 Å². The molecule has 0 radical (unpaired) electrons. The normalized spacial score (nSPS) is 12.0. The van der Waals surface area contributed by atoms with Gasteiger partial charge in [-0.2, -0.15) is 0 Å². The molecular formula is C6H14Br3Cl3Si2. The van der Waals surface area contributed by atoms with Crippen LogP contribution in [0.15, 0.2) is 0 Å². The molecule has 0 amide bonds. The van der Waals surface area contributed by atoms with Crippen LogP contribution in [0.5, 0.6) is 0 Å². The van der Waals surface area contributed by atoms with Gasteiger partial charge in [-0.3, -0.25) is 0 Å². The van der Waals surface area contributed by atoms with E-state index in [2.05, 4.69) is 52.8 Å². The zero-order valence-electron chi connectivity index (χ0n) is 8.10. The first-order valence-corrected chi connectivity index (χ1v) is 18.5. The first-order valence-electron chi connectivity index (χ1n) is 4.26. The summed E-state index contributed by atoms with van der Waals surface area (Å²) < 4.78 is -1.22. The molecule has 0 atom stereocenters. The van der Waals surface area contributed by atoms with Crippen LogP contribution < -0.4 is 0 Å². The van der Waals surface area contributed by atoms with Gasteiger partial charge in [-0.05, 0) is 12.1 Å². The van der Waals surface area contributed by atoms with Crippen molar-refractivity contribution in [1.29, 1.82) is 0 Å². The second kappa shape index (κ2) is 9.74. The first kappa shape index (κ1) is 19.1. The third-order valence-corrected chi connectivity index (χ3v) is 8.47. The Kier molecular flexibility index (Phi) is 13.3.